The summed E-state index contributed by atoms with van der Waals surface area (Å²) < 4.78 is 0. The lowest BCUT2D eigenvalue weighted by atomic mass is 9.43. The topological polar surface area (TPSA) is 0 Å². The van der Waals surface area contributed by atoms with Gasteiger partial charge in [-0.25, -0.2) is 0 Å². The molecule has 0 aliphatic rings. The Morgan fingerprint density at radius 3 is 1.15 bits per heavy atom. The summed E-state index contributed by atoms with van der Waals surface area (Å²) in [6.07, 6.45) is 0. The second-order valence-electron chi connectivity index (χ2n) is 10.2. The lowest BCUT2D eigenvalue weighted by molar-refractivity contribution is 1.30. The SMILES string of the molecule is c1ccc(B(CP(c2ccccc2)c2ccccc2)C(c2ccccc2)P(c2ccccc2)c2ccccc2)cc1. The van der Waals surface area contributed by atoms with Crippen molar-refractivity contribution in [3.63, 3.8) is 0 Å². The molecule has 0 saturated carbocycles. The molecule has 198 valence electrons. The van der Waals surface area contributed by atoms with Crippen LogP contribution in [0.1, 0.15) is 11.1 Å². The molecule has 0 fully saturated rings. The van der Waals surface area contributed by atoms with E-state index in [9.17, 15) is 0 Å². The molecule has 3 heteroatoms. The highest BCUT2D eigenvalue weighted by molar-refractivity contribution is 7.77. The van der Waals surface area contributed by atoms with Crippen LogP contribution in [0.25, 0.3) is 0 Å². The summed E-state index contributed by atoms with van der Waals surface area (Å²) in [5.41, 5.74) is 3.13. The van der Waals surface area contributed by atoms with Crippen LogP contribution in [0.4, 0.5) is 0 Å². The first-order chi connectivity index (χ1) is 20.4. The van der Waals surface area contributed by atoms with E-state index in [1.165, 1.54) is 32.2 Å². The van der Waals surface area contributed by atoms with Crippen LogP contribution in [0.5, 0.6) is 0 Å². The molecule has 6 aromatic carbocycles. The van der Waals surface area contributed by atoms with Gasteiger partial charge in [-0.1, -0.05) is 195 Å². The van der Waals surface area contributed by atoms with Crippen LogP contribution >= 0.6 is 15.8 Å². The van der Waals surface area contributed by atoms with Gasteiger partial charge in [0.05, 0.1) is 0 Å². The molecule has 6 aromatic rings. The Morgan fingerprint density at radius 2 is 0.732 bits per heavy atom. The Kier molecular flexibility index (Phi) is 9.19. The second-order valence-corrected chi connectivity index (χ2v) is 14.8. The molecule has 1 unspecified atom stereocenters. The summed E-state index contributed by atoms with van der Waals surface area (Å²) in [5.74, 6) is 0. The van der Waals surface area contributed by atoms with E-state index in [1.54, 1.807) is 0 Å². The fourth-order valence-electron chi connectivity index (χ4n) is 5.72. The summed E-state index contributed by atoms with van der Waals surface area (Å²) >= 11 is 0. The van der Waals surface area contributed by atoms with Crippen molar-refractivity contribution in [3.05, 3.63) is 188 Å². The van der Waals surface area contributed by atoms with E-state index in [1.807, 2.05) is 0 Å². The Labute approximate surface area is 247 Å². The molecule has 0 saturated heterocycles. The average Bonchev–Trinajstić information content (AvgIpc) is 3.07. The van der Waals surface area contributed by atoms with Crippen molar-refractivity contribution in [2.24, 2.45) is 0 Å². The zero-order valence-corrected chi connectivity index (χ0v) is 24.9. The molecule has 0 spiro atoms. The van der Waals surface area contributed by atoms with Gasteiger partial charge in [-0.2, -0.15) is 0 Å². The minimum atomic E-state index is -0.712. The highest BCUT2D eigenvalue weighted by Crippen LogP contribution is 2.52. The standard InChI is InChI=1S/C38H33BP2/c1-7-19-32(20-8-1)38(41(36-27-15-5-16-28-36)37-29-17-6-18-30-37)39(33-21-9-2-10-22-33)31-40(34-23-11-3-12-24-34)35-25-13-4-14-26-35/h1-30,38H,31H2. The van der Waals surface area contributed by atoms with E-state index in [2.05, 4.69) is 182 Å². The van der Waals surface area contributed by atoms with Crippen molar-refractivity contribution in [2.75, 3.05) is 6.06 Å². The zero-order chi connectivity index (χ0) is 27.7. The molecule has 0 aliphatic carbocycles. The van der Waals surface area contributed by atoms with E-state index < -0.39 is 15.8 Å². The third-order valence-corrected chi connectivity index (χ3v) is 13.1. The number of hydrogen-bond donors (Lipinski definition) is 0. The highest BCUT2D eigenvalue weighted by Gasteiger charge is 2.38. The summed E-state index contributed by atoms with van der Waals surface area (Å²) in [7, 11) is -1.30. The van der Waals surface area contributed by atoms with E-state index in [0.29, 0.717) is 12.3 Å². The minimum absolute atomic E-state index is 0.302. The molecular formula is C38H33BP2. The quantitative estimate of drug-likeness (QED) is 0.120. The second kappa shape index (κ2) is 13.7. The van der Waals surface area contributed by atoms with Gasteiger partial charge in [0, 0.05) is 0 Å². The van der Waals surface area contributed by atoms with Gasteiger partial charge in [0.1, 0.15) is 0 Å². The average molecular weight is 562 g/mol. The highest BCUT2D eigenvalue weighted by atomic mass is 31.1. The molecule has 0 nitrogen and oxygen atoms in total. The van der Waals surface area contributed by atoms with Crippen LogP contribution in [0.15, 0.2) is 182 Å². The number of rotatable bonds is 10. The van der Waals surface area contributed by atoms with Crippen LogP contribution in [0.2, 0.25) is 0 Å². The Bertz CT molecular complexity index is 1520. The molecule has 41 heavy (non-hydrogen) atoms. The van der Waals surface area contributed by atoms with Crippen LogP contribution in [-0.4, -0.2) is 12.8 Å². The Hall–Kier alpha value is -3.76. The maximum absolute atomic E-state index is 2.36. The Balaban J connectivity index is 1.57. The monoisotopic (exact) mass is 562 g/mol. The van der Waals surface area contributed by atoms with Crippen molar-refractivity contribution in [1.82, 2.24) is 0 Å². The molecular weight excluding hydrogens is 529 g/mol. The zero-order valence-electron chi connectivity index (χ0n) is 23.1. The van der Waals surface area contributed by atoms with Crippen molar-refractivity contribution >= 4 is 49.2 Å². The summed E-state index contributed by atoms with van der Waals surface area (Å²) in [5, 5.41) is 5.72. The number of hydrogen-bond acceptors (Lipinski definition) is 0. The fraction of sp³-hybridized carbons (Fsp3) is 0.0526. The van der Waals surface area contributed by atoms with Gasteiger partial charge >= 0.3 is 0 Å². The van der Waals surface area contributed by atoms with E-state index in [-0.39, 0.29) is 0 Å². The molecule has 0 radical (unpaired) electrons. The van der Waals surface area contributed by atoms with Crippen LogP contribution in [-0.2, 0) is 0 Å². The molecule has 0 bridgehead atoms. The molecule has 1 atom stereocenters. The number of benzene rings is 6. The lowest BCUT2D eigenvalue weighted by Crippen LogP contribution is -2.43. The van der Waals surface area contributed by atoms with Gasteiger partial charge in [-0.15, -0.1) is 0 Å². The van der Waals surface area contributed by atoms with Crippen molar-refractivity contribution in [2.45, 2.75) is 5.56 Å². The first-order valence-electron chi connectivity index (χ1n) is 14.3. The van der Waals surface area contributed by atoms with Gasteiger partial charge in [-0.3, -0.25) is 0 Å². The van der Waals surface area contributed by atoms with E-state index in [0.717, 1.165) is 6.06 Å². The van der Waals surface area contributed by atoms with Crippen molar-refractivity contribution in [1.29, 1.82) is 0 Å². The largest absolute Gasteiger partial charge is 0.193 e. The van der Waals surface area contributed by atoms with E-state index >= 15 is 0 Å². The predicted octanol–water partition coefficient (Wildman–Crippen LogP) is 7.47. The first kappa shape index (κ1) is 27.4. The molecule has 0 aliphatic heterocycles. The minimum Gasteiger partial charge on any atom is -0.0786 e. The van der Waals surface area contributed by atoms with E-state index in [4.69, 9.17) is 0 Å². The van der Waals surface area contributed by atoms with Crippen molar-refractivity contribution < 1.29 is 0 Å². The summed E-state index contributed by atoms with van der Waals surface area (Å²) in [6.45, 7) is 0.316. The normalized spacial score (nSPS) is 11.9. The van der Waals surface area contributed by atoms with Crippen LogP contribution in [0.3, 0.4) is 0 Å². The maximum atomic E-state index is 2.36. The van der Waals surface area contributed by atoms with Gasteiger partial charge in [-0.05, 0) is 46.3 Å². The van der Waals surface area contributed by atoms with Crippen LogP contribution < -0.4 is 26.7 Å². The fourth-order valence-corrected chi connectivity index (χ4v) is 11.5. The summed E-state index contributed by atoms with van der Waals surface area (Å²) in [6, 6.07) is 68.4. The van der Waals surface area contributed by atoms with Gasteiger partial charge in [0.25, 0.3) is 0 Å². The van der Waals surface area contributed by atoms with Crippen LogP contribution in [0, 0.1) is 0 Å². The van der Waals surface area contributed by atoms with Gasteiger partial charge in [0.2, 0.25) is 0 Å². The maximum Gasteiger partial charge on any atom is 0.193 e. The van der Waals surface area contributed by atoms with Gasteiger partial charge in [0.15, 0.2) is 6.71 Å². The third kappa shape index (κ3) is 6.60. The smallest absolute Gasteiger partial charge is 0.0786 e. The van der Waals surface area contributed by atoms with Crippen molar-refractivity contribution in [3.8, 4) is 0 Å². The third-order valence-electron chi connectivity index (χ3n) is 7.61. The molecule has 0 heterocycles. The molecule has 0 amide bonds. The summed E-state index contributed by atoms with van der Waals surface area (Å²) in [4.78, 5) is 0. The first-order valence-corrected chi connectivity index (χ1v) is 17.2. The molecule has 0 aromatic heterocycles. The predicted molar refractivity (Wildman–Crippen MR) is 184 cm³/mol. The molecule has 6 rings (SSSR count). The molecule has 0 N–H and O–H groups in total. The lowest BCUT2D eigenvalue weighted by Gasteiger charge is -2.36. The van der Waals surface area contributed by atoms with Gasteiger partial charge < -0.3 is 0 Å². The Morgan fingerprint density at radius 1 is 0.390 bits per heavy atom.